The number of hydrogen-bond acceptors (Lipinski definition) is 6. The fourth-order valence-electron chi connectivity index (χ4n) is 2.67. The van der Waals surface area contributed by atoms with Crippen molar-refractivity contribution >= 4 is 27.1 Å². The summed E-state index contributed by atoms with van der Waals surface area (Å²) in [5.74, 6) is 0.411. The first kappa shape index (κ1) is 20.2. The largest absolute Gasteiger partial charge is 0.491 e. The monoisotopic (exact) mass is 405 g/mol. The highest BCUT2D eigenvalue weighted by atomic mass is 32.1. The number of thiophene rings is 1. The molecule has 0 amide bonds. The van der Waals surface area contributed by atoms with E-state index in [2.05, 4.69) is 0 Å². The van der Waals surface area contributed by atoms with Gasteiger partial charge in [-0.2, -0.15) is 0 Å². The number of nitro groups is 1. The molecule has 0 N–H and O–H groups in total. The van der Waals surface area contributed by atoms with Crippen LogP contribution in [-0.2, 0) is 9.47 Å². The Morgan fingerprint density at radius 2 is 1.71 bits per heavy atom. The zero-order chi connectivity index (χ0) is 19.8. The minimum atomic E-state index is -0.514. The first-order chi connectivity index (χ1) is 13.7. The minimum absolute atomic E-state index is 0.00426. The number of nitrogens with zero attached hydrogens (tertiary/aromatic N) is 1. The Hall–Kier alpha value is -2.55. The third-order valence-corrected chi connectivity index (χ3v) is 5.10. The molecule has 0 atom stereocenters. The molecule has 0 saturated heterocycles. The summed E-state index contributed by atoms with van der Waals surface area (Å²) in [7, 11) is 0. The summed E-state index contributed by atoms with van der Waals surface area (Å²) >= 11 is 1.52. The predicted octanol–water partition coefficient (Wildman–Crippen LogP) is 4.86. The lowest BCUT2D eigenvalue weighted by Gasteiger charge is -2.08. The first-order valence-corrected chi connectivity index (χ1v) is 9.62. The maximum absolute atomic E-state index is 11.9. The maximum Gasteiger partial charge on any atom is 0.281 e. The molecular formula is C20H20FNO5S. The van der Waals surface area contributed by atoms with Gasteiger partial charge in [0.1, 0.15) is 19.0 Å². The van der Waals surface area contributed by atoms with Crippen molar-refractivity contribution in [2.75, 3.05) is 39.7 Å². The van der Waals surface area contributed by atoms with Crippen LogP contribution >= 0.6 is 11.3 Å². The van der Waals surface area contributed by atoms with Gasteiger partial charge < -0.3 is 14.2 Å². The molecule has 8 heteroatoms. The maximum atomic E-state index is 11.9. The molecule has 148 valence electrons. The van der Waals surface area contributed by atoms with Crippen LogP contribution in [-0.4, -0.2) is 44.6 Å². The second kappa shape index (κ2) is 10.1. The number of hydrogen-bond donors (Lipinski definition) is 0. The first-order valence-electron chi connectivity index (χ1n) is 8.80. The average molecular weight is 405 g/mol. The molecule has 1 aromatic heterocycles. The van der Waals surface area contributed by atoms with Crippen molar-refractivity contribution in [3.05, 3.63) is 58.6 Å². The quantitative estimate of drug-likeness (QED) is 0.259. The molecule has 0 spiro atoms. The molecule has 0 aliphatic rings. The van der Waals surface area contributed by atoms with Gasteiger partial charge in [0.25, 0.3) is 5.69 Å². The van der Waals surface area contributed by atoms with Crippen LogP contribution in [0.1, 0.15) is 0 Å². The van der Waals surface area contributed by atoms with Gasteiger partial charge in [0, 0.05) is 9.58 Å². The zero-order valence-corrected chi connectivity index (χ0v) is 16.0. The van der Waals surface area contributed by atoms with Gasteiger partial charge in [0.15, 0.2) is 0 Å². The molecule has 2 aromatic carbocycles. The molecule has 0 aliphatic carbocycles. The summed E-state index contributed by atoms with van der Waals surface area (Å²) in [5.41, 5.74) is 0.574. The Morgan fingerprint density at radius 3 is 2.46 bits per heavy atom. The Bertz CT molecular complexity index is 897. The van der Waals surface area contributed by atoms with Gasteiger partial charge >= 0.3 is 0 Å². The molecule has 0 saturated carbocycles. The number of alkyl halides is 1. The average Bonchev–Trinajstić information content (AvgIpc) is 3.14. The number of ether oxygens (including phenoxy) is 3. The molecule has 28 heavy (non-hydrogen) atoms. The lowest BCUT2D eigenvalue weighted by atomic mass is 10.1. The molecule has 0 unspecified atom stereocenters. The van der Waals surface area contributed by atoms with Crippen molar-refractivity contribution in [1.29, 1.82) is 0 Å². The van der Waals surface area contributed by atoms with Crippen LogP contribution in [0.3, 0.4) is 0 Å². The number of halogens is 1. The predicted molar refractivity (Wildman–Crippen MR) is 107 cm³/mol. The van der Waals surface area contributed by atoms with Crippen molar-refractivity contribution < 1.29 is 23.5 Å². The Kier molecular flexibility index (Phi) is 7.30. The lowest BCUT2D eigenvalue weighted by molar-refractivity contribution is -0.384. The van der Waals surface area contributed by atoms with Gasteiger partial charge in [0.05, 0.1) is 43.0 Å². The highest BCUT2D eigenvalue weighted by Crippen LogP contribution is 2.39. The number of benzene rings is 2. The molecule has 1 heterocycles. The molecule has 0 radical (unpaired) electrons. The van der Waals surface area contributed by atoms with Crippen LogP contribution in [0.5, 0.6) is 5.75 Å². The second-order valence-electron chi connectivity index (χ2n) is 5.85. The fraction of sp³-hybridized carbons (Fsp3) is 0.300. The van der Waals surface area contributed by atoms with Crippen LogP contribution < -0.4 is 4.74 Å². The Morgan fingerprint density at radius 1 is 0.964 bits per heavy atom. The number of rotatable bonds is 11. The van der Waals surface area contributed by atoms with Gasteiger partial charge in [-0.15, -0.1) is 11.3 Å². The summed E-state index contributed by atoms with van der Waals surface area (Å²) in [6.45, 7) is 0.774. The van der Waals surface area contributed by atoms with E-state index in [1.54, 1.807) is 12.1 Å². The SMILES string of the molecule is O=[N+]([O-])c1cc(OCCOCCOCCF)ccc1-c1cc2ccccc2s1. The molecule has 0 bridgehead atoms. The van der Waals surface area contributed by atoms with E-state index in [-0.39, 0.29) is 18.9 Å². The summed E-state index contributed by atoms with van der Waals surface area (Å²) in [6, 6.07) is 14.7. The molecule has 6 nitrogen and oxygen atoms in total. The van der Waals surface area contributed by atoms with E-state index < -0.39 is 11.6 Å². The Balaban J connectivity index is 1.62. The van der Waals surface area contributed by atoms with Crippen molar-refractivity contribution in [2.24, 2.45) is 0 Å². The molecular weight excluding hydrogens is 385 g/mol. The Labute approximate surface area is 165 Å². The smallest absolute Gasteiger partial charge is 0.281 e. The van der Waals surface area contributed by atoms with Gasteiger partial charge in [-0.1, -0.05) is 18.2 Å². The van der Waals surface area contributed by atoms with E-state index in [4.69, 9.17) is 14.2 Å². The standard InChI is InChI=1S/C20H20FNO5S/c21-7-8-25-9-10-26-11-12-27-16-5-6-17(18(14-16)22(23)24)20-13-15-3-1-2-4-19(15)28-20/h1-6,13-14H,7-12H2. The third kappa shape index (κ3) is 5.25. The number of nitro benzene ring substituents is 1. The van der Waals surface area contributed by atoms with E-state index >= 15 is 0 Å². The van der Waals surface area contributed by atoms with Crippen molar-refractivity contribution in [1.82, 2.24) is 0 Å². The molecule has 3 aromatic rings. The third-order valence-electron chi connectivity index (χ3n) is 3.95. The van der Waals surface area contributed by atoms with Gasteiger partial charge in [-0.05, 0) is 29.7 Å². The summed E-state index contributed by atoms with van der Waals surface area (Å²) in [4.78, 5) is 12.0. The summed E-state index contributed by atoms with van der Waals surface area (Å²) in [6.07, 6.45) is 0. The van der Waals surface area contributed by atoms with Crippen molar-refractivity contribution in [3.8, 4) is 16.2 Å². The molecule has 0 aliphatic heterocycles. The summed E-state index contributed by atoms with van der Waals surface area (Å²) in [5, 5.41) is 12.6. The normalized spacial score (nSPS) is 11.0. The van der Waals surface area contributed by atoms with E-state index in [1.165, 1.54) is 17.4 Å². The minimum Gasteiger partial charge on any atom is -0.491 e. The fourth-order valence-corrected chi connectivity index (χ4v) is 3.77. The zero-order valence-electron chi connectivity index (χ0n) is 15.1. The summed E-state index contributed by atoms with van der Waals surface area (Å²) < 4.78 is 28.7. The van der Waals surface area contributed by atoms with Crippen LogP contribution in [0.25, 0.3) is 20.5 Å². The van der Waals surface area contributed by atoms with Crippen molar-refractivity contribution in [2.45, 2.75) is 0 Å². The second-order valence-corrected chi connectivity index (χ2v) is 6.93. The van der Waals surface area contributed by atoms with Gasteiger partial charge in [-0.3, -0.25) is 10.1 Å². The van der Waals surface area contributed by atoms with Crippen LogP contribution in [0.2, 0.25) is 0 Å². The van der Waals surface area contributed by atoms with Crippen molar-refractivity contribution in [3.63, 3.8) is 0 Å². The van der Waals surface area contributed by atoms with Gasteiger partial charge in [-0.25, -0.2) is 4.39 Å². The van der Waals surface area contributed by atoms with E-state index in [1.807, 2.05) is 30.3 Å². The molecule has 0 fully saturated rings. The van der Waals surface area contributed by atoms with Crippen LogP contribution in [0, 0.1) is 10.1 Å². The van der Waals surface area contributed by atoms with E-state index in [0.717, 1.165) is 15.0 Å². The lowest BCUT2D eigenvalue weighted by Crippen LogP contribution is -2.11. The highest BCUT2D eigenvalue weighted by molar-refractivity contribution is 7.22. The highest BCUT2D eigenvalue weighted by Gasteiger charge is 2.18. The van der Waals surface area contributed by atoms with Gasteiger partial charge in [0.2, 0.25) is 0 Å². The van der Waals surface area contributed by atoms with E-state index in [9.17, 15) is 14.5 Å². The van der Waals surface area contributed by atoms with E-state index in [0.29, 0.717) is 31.1 Å². The topological polar surface area (TPSA) is 70.8 Å². The van der Waals surface area contributed by atoms with Crippen LogP contribution in [0.4, 0.5) is 10.1 Å². The number of fused-ring (bicyclic) bond motifs is 1. The molecule has 3 rings (SSSR count). The van der Waals surface area contributed by atoms with Crippen LogP contribution in [0.15, 0.2) is 48.5 Å².